The molecule has 0 aliphatic carbocycles. The van der Waals surface area contributed by atoms with E-state index in [4.69, 9.17) is 5.11 Å². The molecule has 1 rings (SSSR count). The van der Waals surface area contributed by atoms with Gasteiger partial charge in [-0.3, -0.25) is 4.79 Å². The quantitative estimate of drug-likeness (QED) is 0.820. The zero-order valence-electron chi connectivity index (χ0n) is 11.0. The van der Waals surface area contributed by atoms with Crippen LogP contribution in [0.3, 0.4) is 0 Å². The Kier molecular flexibility index (Phi) is 4.97. The Labute approximate surface area is 103 Å². The largest absolute Gasteiger partial charge is 0.480 e. The molecule has 98 valence electrons. The fraction of sp³-hybridized carbons (Fsp3) is 0.846. The number of hydrogen-bond donors (Lipinski definition) is 1. The number of rotatable bonds is 4. The Morgan fingerprint density at radius 2 is 1.94 bits per heavy atom. The normalized spacial score (nSPS) is 22.6. The molecule has 0 spiro atoms. The minimum Gasteiger partial charge on any atom is -0.480 e. The third-order valence-corrected chi connectivity index (χ3v) is 3.74. The molecular weight excluding hydrogens is 218 g/mol. The van der Waals surface area contributed by atoms with Crippen molar-refractivity contribution in [1.82, 2.24) is 4.90 Å². The van der Waals surface area contributed by atoms with Crippen molar-refractivity contribution in [2.24, 2.45) is 11.8 Å². The number of carbonyl (C=O) groups excluding carboxylic acids is 1. The maximum absolute atomic E-state index is 12.1. The summed E-state index contributed by atoms with van der Waals surface area (Å²) < 4.78 is 0. The van der Waals surface area contributed by atoms with E-state index in [2.05, 4.69) is 13.8 Å². The van der Waals surface area contributed by atoms with Crippen LogP contribution in [0.15, 0.2) is 0 Å². The van der Waals surface area contributed by atoms with Crippen LogP contribution in [0.25, 0.3) is 0 Å². The van der Waals surface area contributed by atoms with Gasteiger partial charge in [0.1, 0.15) is 6.04 Å². The van der Waals surface area contributed by atoms with Crippen LogP contribution in [0.5, 0.6) is 0 Å². The molecule has 0 bridgehead atoms. The lowest BCUT2D eigenvalue weighted by Gasteiger charge is -2.34. The molecule has 4 nitrogen and oxygen atoms in total. The predicted octanol–water partition coefficient (Wildman–Crippen LogP) is 2.13. The first-order chi connectivity index (χ1) is 7.93. The number of carboxylic acids is 1. The standard InChI is InChI=1S/C13H23NO3/c1-9(2)10(3)8-12(15)14-7-5-4-6-11(14)13(16)17/h9-11H,4-8H2,1-3H3,(H,16,17)/t10?,11-/m1/s1. The van der Waals surface area contributed by atoms with E-state index in [1.54, 1.807) is 4.90 Å². The molecule has 17 heavy (non-hydrogen) atoms. The molecule has 4 heteroatoms. The maximum Gasteiger partial charge on any atom is 0.326 e. The topological polar surface area (TPSA) is 57.6 Å². The summed E-state index contributed by atoms with van der Waals surface area (Å²) in [4.78, 5) is 24.7. The summed E-state index contributed by atoms with van der Waals surface area (Å²) in [7, 11) is 0. The Morgan fingerprint density at radius 1 is 1.29 bits per heavy atom. The first-order valence-electron chi connectivity index (χ1n) is 6.45. The third-order valence-electron chi connectivity index (χ3n) is 3.74. The molecule has 1 N–H and O–H groups in total. The number of nitrogens with zero attached hydrogens (tertiary/aromatic N) is 1. The van der Waals surface area contributed by atoms with Crippen molar-refractivity contribution in [1.29, 1.82) is 0 Å². The second kappa shape index (κ2) is 6.03. The SMILES string of the molecule is CC(C)C(C)CC(=O)N1CCCC[C@@H]1C(=O)O. The molecular formula is C13H23NO3. The van der Waals surface area contributed by atoms with E-state index < -0.39 is 12.0 Å². The number of carbonyl (C=O) groups is 2. The zero-order valence-corrected chi connectivity index (χ0v) is 11.0. The predicted molar refractivity (Wildman–Crippen MR) is 65.6 cm³/mol. The van der Waals surface area contributed by atoms with Crippen LogP contribution in [0, 0.1) is 11.8 Å². The lowest BCUT2D eigenvalue weighted by Crippen LogP contribution is -2.48. The van der Waals surface area contributed by atoms with Crippen molar-refractivity contribution < 1.29 is 14.7 Å². The number of carboxylic acid groups (broad SMARTS) is 1. The van der Waals surface area contributed by atoms with Crippen molar-refractivity contribution in [3.05, 3.63) is 0 Å². The first kappa shape index (κ1) is 14.0. The molecule has 2 atom stereocenters. The number of aliphatic carboxylic acids is 1. The van der Waals surface area contributed by atoms with Gasteiger partial charge in [0, 0.05) is 13.0 Å². The van der Waals surface area contributed by atoms with Gasteiger partial charge in [-0.05, 0) is 31.1 Å². The minimum atomic E-state index is -0.866. The number of amides is 1. The summed E-state index contributed by atoms with van der Waals surface area (Å²) in [6.07, 6.45) is 2.88. The summed E-state index contributed by atoms with van der Waals surface area (Å²) in [5.41, 5.74) is 0. The van der Waals surface area contributed by atoms with Gasteiger partial charge in [-0.25, -0.2) is 4.79 Å². The van der Waals surface area contributed by atoms with E-state index >= 15 is 0 Å². The smallest absolute Gasteiger partial charge is 0.326 e. The van der Waals surface area contributed by atoms with Gasteiger partial charge in [0.2, 0.25) is 5.91 Å². The summed E-state index contributed by atoms with van der Waals surface area (Å²) in [6.45, 7) is 6.81. The molecule has 1 fully saturated rings. The van der Waals surface area contributed by atoms with E-state index in [1.165, 1.54) is 0 Å². The van der Waals surface area contributed by atoms with Gasteiger partial charge in [0.15, 0.2) is 0 Å². The van der Waals surface area contributed by atoms with E-state index in [0.717, 1.165) is 12.8 Å². The van der Waals surface area contributed by atoms with Crippen molar-refractivity contribution in [2.45, 2.75) is 52.5 Å². The van der Waals surface area contributed by atoms with Crippen LogP contribution < -0.4 is 0 Å². The van der Waals surface area contributed by atoms with Crippen molar-refractivity contribution in [2.75, 3.05) is 6.54 Å². The summed E-state index contributed by atoms with van der Waals surface area (Å²) >= 11 is 0. The molecule has 1 heterocycles. The van der Waals surface area contributed by atoms with Gasteiger partial charge in [-0.1, -0.05) is 20.8 Å². The van der Waals surface area contributed by atoms with Gasteiger partial charge in [-0.2, -0.15) is 0 Å². The average molecular weight is 241 g/mol. The fourth-order valence-corrected chi connectivity index (χ4v) is 2.12. The number of hydrogen-bond acceptors (Lipinski definition) is 2. The first-order valence-corrected chi connectivity index (χ1v) is 6.45. The molecule has 1 saturated heterocycles. The van der Waals surface area contributed by atoms with Gasteiger partial charge in [-0.15, -0.1) is 0 Å². The average Bonchev–Trinajstić information content (AvgIpc) is 2.28. The molecule has 0 aromatic rings. The molecule has 1 aliphatic heterocycles. The van der Waals surface area contributed by atoms with Gasteiger partial charge in [0.25, 0.3) is 0 Å². The molecule has 1 unspecified atom stereocenters. The van der Waals surface area contributed by atoms with Gasteiger partial charge < -0.3 is 10.0 Å². The molecule has 1 amide bonds. The van der Waals surface area contributed by atoms with Crippen LogP contribution in [0.2, 0.25) is 0 Å². The molecule has 0 aromatic carbocycles. The highest BCUT2D eigenvalue weighted by molar-refractivity contribution is 5.84. The van der Waals surface area contributed by atoms with Gasteiger partial charge in [0.05, 0.1) is 0 Å². The Bertz CT molecular complexity index is 288. The number of likely N-dealkylation sites (tertiary alicyclic amines) is 1. The van der Waals surface area contributed by atoms with Gasteiger partial charge >= 0.3 is 5.97 Å². The van der Waals surface area contributed by atoms with Crippen LogP contribution in [0.4, 0.5) is 0 Å². The lowest BCUT2D eigenvalue weighted by molar-refractivity contribution is -0.152. The Balaban J connectivity index is 2.62. The van der Waals surface area contributed by atoms with E-state index in [1.807, 2.05) is 6.92 Å². The molecule has 0 saturated carbocycles. The van der Waals surface area contributed by atoms with Crippen LogP contribution >= 0.6 is 0 Å². The molecule has 1 aliphatic rings. The lowest BCUT2D eigenvalue weighted by atomic mass is 9.93. The zero-order chi connectivity index (χ0) is 13.0. The highest BCUT2D eigenvalue weighted by Gasteiger charge is 2.32. The minimum absolute atomic E-state index is 0.00157. The van der Waals surface area contributed by atoms with Crippen LogP contribution in [-0.2, 0) is 9.59 Å². The Hall–Kier alpha value is -1.06. The molecule has 0 radical (unpaired) electrons. The third kappa shape index (κ3) is 3.72. The summed E-state index contributed by atoms with van der Waals surface area (Å²) in [5.74, 6) is -0.112. The second-order valence-corrected chi connectivity index (χ2v) is 5.36. The van der Waals surface area contributed by atoms with Crippen LogP contribution in [0.1, 0.15) is 46.5 Å². The van der Waals surface area contributed by atoms with E-state index in [9.17, 15) is 9.59 Å². The second-order valence-electron chi connectivity index (χ2n) is 5.36. The number of piperidine rings is 1. The summed E-state index contributed by atoms with van der Waals surface area (Å²) in [5, 5.41) is 9.11. The molecule has 0 aromatic heterocycles. The van der Waals surface area contributed by atoms with Crippen molar-refractivity contribution in [3.8, 4) is 0 Å². The maximum atomic E-state index is 12.1. The fourth-order valence-electron chi connectivity index (χ4n) is 2.12. The van der Waals surface area contributed by atoms with Crippen molar-refractivity contribution in [3.63, 3.8) is 0 Å². The van der Waals surface area contributed by atoms with Crippen molar-refractivity contribution >= 4 is 11.9 Å². The highest BCUT2D eigenvalue weighted by atomic mass is 16.4. The van der Waals surface area contributed by atoms with Crippen LogP contribution in [-0.4, -0.2) is 34.5 Å². The van der Waals surface area contributed by atoms with E-state index in [0.29, 0.717) is 31.2 Å². The summed E-state index contributed by atoms with van der Waals surface area (Å²) in [6, 6.07) is -0.601. The van der Waals surface area contributed by atoms with E-state index in [-0.39, 0.29) is 5.91 Å². The monoisotopic (exact) mass is 241 g/mol. The highest BCUT2D eigenvalue weighted by Crippen LogP contribution is 2.21. The Morgan fingerprint density at radius 3 is 2.47 bits per heavy atom.